The minimum absolute atomic E-state index is 0.158. The number of halogens is 1. The number of amides is 1. The van der Waals surface area contributed by atoms with Crippen molar-refractivity contribution in [2.45, 2.75) is 13.3 Å². The summed E-state index contributed by atoms with van der Waals surface area (Å²) in [6.07, 6.45) is 0.612. The Morgan fingerprint density at radius 2 is 2.00 bits per heavy atom. The fourth-order valence-electron chi connectivity index (χ4n) is 2.61. The predicted octanol–water partition coefficient (Wildman–Crippen LogP) is 3.39. The summed E-state index contributed by atoms with van der Waals surface area (Å²) in [6.45, 7) is 2.47. The molecule has 0 spiro atoms. The summed E-state index contributed by atoms with van der Waals surface area (Å²) < 4.78 is 26.5. The summed E-state index contributed by atoms with van der Waals surface area (Å²) in [5.41, 5.74) is 2.84. The molecule has 3 rings (SSSR count). The van der Waals surface area contributed by atoms with Crippen LogP contribution in [0.1, 0.15) is 22.3 Å². The molecule has 2 aromatic carbocycles. The lowest BCUT2D eigenvalue weighted by atomic mass is 10.1. The Balaban J connectivity index is 1.83. The van der Waals surface area contributed by atoms with Gasteiger partial charge in [-0.15, -0.1) is 0 Å². The molecular formula is C17H17IN2O3S. The third kappa shape index (κ3) is 3.56. The molecule has 24 heavy (non-hydrogen) atoms. The minimum Gasteiger partial charge on any atom is -0.322 e. The fourth-order valence-corrected chi connectivity index (χ4v) is 4.68. The summed E-state index contributed by atoms with van der Waals surface area (Å²) in [5, 5.41) is 2.85. The third-order valence-electron chi connectivity index (χ3n) is 3.93. The Labute approximate surface area is 155 Å². The number of carbonyl (C=O) groups is 1. The molecular weight excluding hydrogens is 439 g/mol. The standard InChI is InChI=1S/C17H17IN2O3S/c1-12-6-7-14(11-16(12)18)19-17(21)13-4-2-5-15(10-13)20-8-3-9-24(20,22)23/h2,4-7,10-11H,3,8-9H2,1H3,(H,19,21). The van der Waals surface area contributed by atoms with Crippen molar-refractivity contribution in [3.05, 3.63) is 57.2 Å². The van der Waals surface area contributed by atoms with E-state index in [0.717, 1.165) is 9.13 Å². The van der Waals surface area contributed by atoms with Crippen molar-refractivity contribution in [2.24, 2.45) is 0 Å². The van der Waals surface area contributed by atoms with E-state index in [1.54, 1.807) is 24.3 Å². The number of hydrogen-bond acceptors (Lipinski definition) is 3. The first-order valence-corrected chi connectivity index (χ1v) is 10.2. The molecule has 0 radical (unpaired) electrons. The molecule has 1 N–H and O–H groups in total. The second-order valence-electron chi connectivity index (χ2n) is 5.71. The lowest BCUT2D eigenvalue weighted by Gasteiger charge is -2.17. The van der Waals surface area contributed by atoms with E-state index in [1.165, 1.54) is 4.31 Å². The van der Waals surface area contributed by atoms with Crippen molar-refractivity contribution in [1.29, 1.82) is 0 Å². The Morgan fingerprint density at radius 1 is 1.21 bits per heavy atom. The van der Waals surface area contributed by atoms with Gasteiger partial charge in [-0.3, -0.25) is 9.10 Å². The van der Waals surface area contributed by atoms with Crippen molar-refractivity contribution in [3.8, 4) is 0 Å². The smallest absolute Gasteiger partial charge is 0.255 e. The van der Waals surface area contributed by atoms with Gasteiger partial charge in [0.15, 0.2) is 0 Å². The van der Waals surface area contributed by atoms with Crippen molar-refractivity contribution < 1.29 is 13.2 Å². The van der Waals surface area contributed by atoms with Gasteiger partial charge in [0.05, 0.1) is 11.4 Å². The van der Waals surface area contributed by atoms with Crippen LogP contribution in [0.3, 0.4) is 0 Å². The molecule has 1 fully saturated rings. The number of anilines is 2. The lowest BCUT2D eigenvalue weighted by molar-refractivity contribution is 0.102. The second kappa shape index (κ2) is 6.72. The van der Waals surface area contributed by atoms with E-state index in [-0.39, 0.29) is 11.7 Å². The Morgan fingerprint density at radius 3 is 2.67 bits per heavy atom. The number of carbonyl (C=O) groups excluding carboxylic acids is 1. The van der Waals surface area contributed by atoms with Gasteiger partial charge in [-0.25, -0.2) is 8.42 Å². The van der Waals surface area contributed by atoms with Crippen LogP contribution in [0.5, 0.6) is 0 Å². The van der Waals surface area contributed by atoms with Crippen LogP contribution in [0.15, 0.2) is 42.5 Å². The largest absolute Gasteiger partial charge is 0.322 e. The van der Waals surface area contributed by atoms with E-state index in [9.17, 15) is 13.2 Å². The topological polar surface area (TPSA) is 66.5 Å². The van der Waals surface area contributed by atoms with Crippen LogP contribution in [0.25, 0.3) is 0 Å². The number of hydrogen-bond donors (Lipinski definition) is 1. The number of aryl methyl sites for hydroxylation is 1. The molecule has 0 aromatic heterocycles. The zero-order chi connectivity index (χ0) is 17.3. The van der Waals surface area contributed by atoms with E-state index in [0.29, 0.717) is 29.9 Å². The molecule has 5 nitrogen and oxygen atoms in total. The molecule has 126 valence electrons. The van der Waals surface area contributed by atoms with Crippen LogP contribution in [-0.4, -0.2) is 26.6 Å². The molecule has 1 aliphatic rings. The molecule has 0 saturated carbocycles. The van der Waals surface area contributed by atoms with Crippen LogP contribution >= 0.6 is 22.6 Å². The maximum absolute atomic E-state index is 12.5. The van der Waals surface area contributed by atoms with E-state index < -0.39 is 10.0 Å². The molecule has 1 aliphatic heterocycles. The number of nitrogens with one attached hydrogen (secondary N) is 1. The quantitative estimate of drug-likeness (QED) is 0.721. The molecule has 1 heterocycles. The van der Waals surface area contributed by atoms with Crippen molar-refractivity contribution in [3.63, 3.8) is 0 Å². The zero-order valence-corrected chi connectivity index (χ0v) is 16.1. The molecule has 0 aliphatic carbocycles. The van der Waals surface area contributed by atoms with Crippen LogP contribution in [0, 0.1) is 10.5 Å². The molecule has 0 atom stereocenters. The maximum atomic E-state index is 12.5. The van der Waals surface area contributed by atoms with Gasteiger partial charge in [0, 0.05) is 21.4 Å². The van der Waals surface area contributed by atoms with Gasteiger partial charge in [-0.05, 0) is 71.8 Å². The predicted molar refractivity (Wildman–Crippen MR) is 104 cm³/mol. The van der Waals surface area contributed by atoms with Gasteiger partial charge >= 0.3 is 0 Å². The first kappa shape index (κ1) is 17.2. The molecule has 7 heteroatoms. The summed E-state index contributed by atoms with van der Waals surface area (Å²) >= 11 is 2.22. The molecule has 1 saturated heterocycles. The minimum atomic E-state index is -3.25. The summed E-state index contributed by atoms with van der Waals surface area (Å²) in [5.74, 6) is -0.0984. The van der Waals surface area contributed by atoms with E-state index >= 15 is 0 Å². The van der Waals surface area contributed by atoms with Crippen LogP contribution in [0.2, 0.25) is 0 Å². The van der Waals surface area contributed by atoms with Gasteiger partial charge < -0.3 is 5.32 Å². The highest BCUT2D eigenvalue weighted by atomic mass is 127. The Hall–Kier alpha value is -1.61. The van der Waals surface area contributed by atoms with Crippen molar-refractivity contribution in [2.75, 3.05) is 21.9 Å². The average molecular weight is 456 g/mol. The Kier molecular flexibility index (Phi) is 4.82. The average Bonchev–Trinajstić information content (AvgIpc) is 2.90. The van der Waals surface area contributed by atoms with E-state index in [4.69, 9.17) is 0 Å². The maximum Gasteiger partial charge on any atom is 0.255 e. The molecule has 2 aromatic rings. The lowest BCUT2D eigenvalue weighted by Crippen LogP contribution is -2.25. The highest BCUT2D eigenvalue weighted by Crippen LogP contribution is 2.25. The monoisotopic (exact) mass is 456 g/mol. The van der Waals surface area contributed by atoms with Crippen LogP contribution in [-0.2, 0) is 10.0 Å². The summed E-state index contributed by atoms with van der Waals surface area (Å²) in [4.78, 5) is 12.5. The van der Waals surface area contributed by atoms with Gasteiger partial charge in [0.2, 0.25) is 10.0 Å². The number of nitrogens with zero attached hydrogens (tertiary/aromatic N) is 1. The van der Waals surface area contributed by atoms with Gasteiger partial charge in [0.25, 0.3) is 5.91 Å². The van der Waals surface area contributed by atoms with Crippen molar-refractivity contribution in [1.82, 2.24) is 0 Å². The Bertz CT molecular complexity index is 896. The summed E-state index contributed by atoms with van der Waals surface area (Å²) in [7, 11) is -3.25. The molecule has 0 unspecified atom stereocenters. The zero-order valence-electron chi connectivity index (χ0n) is 13.1. The number of benzene rings is 2. The van der Waals surface area contributed by atoms with E-state index in [2.05, 4.69) is 27.9 Å². The molecule has 0 bridgehead atoms. The van der Waals surface area contributed by atoms with Crippen LogP contribution in [0.4, 0.5) is 11.4 Å². The van der Waals surface area contributed by atoms with Gasteiger partial charge in [0.1, 0.15) is 0 Å². The highest BCUT2D eigenvalue weighted by Gasteiger charge is 2.28. The first-order chi connectivity index (χ1) is 11.4. The number of sulfonamides is 1. The first-order valence-electron chi connectivity index (χ1n) is 7.55. The fraction of sp³-hybridized carbons (Fsp3) is 0.235. The molecule has 1 amide bonds. The van der Waals surface area contributed by atoms with Crippen molar-refractivity contribution >= 4 is 49.9 Å². The SMILES string of the molecule is Cc1ccc(NC(=O)c2cccc(N3CCCS3(=O)=O)c2)cc1I. The summed E-state index contributed by atoms with van der Waals surface area (Å²) in [6, 6.07) is 12.4. The third-order valence-corrected chi connectivity index (χ3v) is 6.96. The number of rotatable bonds is 3. The van der Waals surface area contributed by atoms with Gasteiger partial charge in [-0.2, -0.15) is 0 Å². The van der Waals surface area contributed by atoms with Gasteiger partial charge in [-0.1, -0.05) is 12.1 Å². The highest BCUT2D eigenvalue weighted by molar-refractivity contribution is 14.1. The van der Waals surface area contributed by atoms with E-state index in [1.807, 2.05) is 25.1 Å². The normalized spacial score (nSPS) is 16.2. The second-order valence-corrected chi connectivity index (χ2v) is 8.89. The van der Waals surface area contributed by atoms with Crippen LogP contribution < -0.4 is 9.62 Å².